The van der Waals surface area contributed by atoms with Gasteiger partial charge in [-0.15, -0.1) is 5.10 Å². The number of likely N-dealkylation sites (N-methyl/N-ethyl adjacent to an activating group) is 1. The largest absolute Gasteiger partial charge is 0.336 e. The molecule has 2 aromatic rings. The highest BCUT2D eigenvalue weighted by Crippen LogP contribution is 2.26. The Labute approximate surface area is 186 Å². The van der Waals surface area contributed by atoms with E-state index in [2.05, 4.69) is 27.2 Å². The third-order valence-corrected chi connectivity index (χ3v) is 6.68. The summed E-state index contributed by atoms with van der Waals surface area (Å²) in [7, 11) is 2.19. The molecule has 1 aromatic carbocycles. The minimum Gasteiger partial charge on any atom is -0.336 e. The molecule has 2 fully saturated rings. The highest BCUT2D eigenvalue weighted by molar-refractivity contribution is 5.78. The van der Waals surface area contributed by atoms with Crippen molar-refractivity contribution < 1.29 is 4.79 Å². The highest BCUT2D eigenvalue weighted by atomic mass is 16.2. The summed E-state index contributed by atoms with van der Waals surface area (Å²) >= 11 is 0. The van der Waals surface area contributed by atoms with Crippen molar-refractivity contribution in [2.75, 3.05) is 46.3 Å². The Morgan fingerprint density at radius 1 is 1.06 bits per heavy atom. The number of rotatable bonds is 8. The van der Waals surface area contributed by atoms with E-state index in [-0.39, 0.29) is 5.92 Å². The first-order chi connectivity index (χ1) is 15.2. The molecule has 0 atom stereocenters. The fourth-order valence-electron chi connectivity index (χ4n) is 4.70. The molecule has 2 aliphatic rings. The van der Waals surface area contributed by atoms with Gasteiger partial charge in [0.2, 0.25) is 5.91 Å². The Morgan fingerprint density at radius 3 is 2.55 bits per heavy atom. The zero-order valence-electron chi connectivity index (χ0n) is 18.8. The average molecular weight is 425 g/mol. The van der Waals surface area contributed by atoms with Crippen molar-refractivity contribution in [2.45, 2.75) is 45.1 Å². The predicted molar refractivity (Wildman–Crippen MR) is 122 cm³/mol. The molecule has 0 unspecified atom stereocenters. The summed E-state index contributed by atoms with van der Waals surface area (Å²) in [6.45, 7) is 6.90. The molecule has 1 aliphatic carbocycles. The molecule has 1 aliphatic heterocycles. The molecule has 1 aromatic heterocycles. The molecular weight excluding hydrogens is 388 g/mol. The van der Waals surface area contributed by atoms with Crippen molar-refractivity contribution in [3.8, 4) is 5.69 Å². The third-order valence-electron chi connectivity index (χ3n) is 6.68. The summed E-state index contributed by atoms with van der Waals surface area (Å²) in [5.74, 6) is 0.494. The van der Waals surface area contributed by atoms with Gasteiger partial charge >= 0.3 is 0 Å². The van der Waals surface area contributed by atoms with E-state index in [1.165, 1.54) is 19.3 Å². The van der Waals surface area contributed by atoms with Crippen molar-refractivity contribution >= 4 is 5.91 Å². The van der Waals surface area contributed by atoms with Gasteiger partial charge in [0.05, 0.1) is 18.4 Å². The standard InChI is InChI=1S/C24H36N6O/c1-27-15-17-28(18-16-27)13-8-14-29(24(31)21-9-4-2-5-10-21)19-22-20-30(26-25-22)23-11-6-3-7-12-23/h3,6-7,11-12,20-21H,2,4-5,8-10,13-19H2,1H3. The van der Waals surface area contributed by atoms with E-state index >= 15 is 0 Å². The van der Waals surface area contributed by atoms with Crippen molar-refractivity contribution in [3.05, 3.63) is 42.2 Å². The van der Waals surface area contributed by atoms with Crippen LogP contribution in [0.25, 0.3) is 5.69 Å². The molecule has 1 saturated carbocycles. The van der Waals surface area contributed by atoms with Crippen molar-refractivity contribution in [1.82, 2.24) is 29.7 Å². The molecule has 1 saturated heterocycles. The van der Waals surface area contributed by atoms with E-state index in [1.54, 1.807) is 4.68 Å². The normalized spacial score (nSPS) is 18.9. The van der Waals surface area contributed by atoms with Gasteiger partial charge in [-0.3, -0.25) is 4.79 Å². The smallest absolute Gasteiger partial charge is 0.226 e. The Morgan fingerprint density at radius 2 is 1.81 bits per heavy atom. The van der Waals surface area contributed by atoms with Crippen molar-refractivity contribution in [1.29, 1.82) is 0 Å². The van der Waals surface area contributed by atoms with Crippen LogP contribution in [0.15, 0.2) is 36.5 Å². The quantitative estimate of drug-likeness (QED) is 0.652. The minimum atomic E-state index is 0.182. The van der Waals surface area contributed by atoms with Gasteiger partial charge in [0, 0.05) is 38.6 Å². The van der Waals surface area contributed by atoms with Crippen LogP contribution in [0.5, 0.6) is 0 Å². The second-order valence-corrected chi connectivity index (χ2v) is 9.08. The van der Waals surface area contributed by atoms with E-state index in [4.69, 9.17) is 0 Å². The van der Waals surface area contributed by atoms with E-state index in [1.807, 2.05) is 41.4 Å². The molecule has 0 radical (unpaired) electrons. The number of hydrogen-bond acceptors (Lipinski definition) is 5. The van der Waals surface area contributed by atoms with Crippen molar-refractivity contribution in [3.63, 3.8) is 0 Å². The number of amides is 1. The summed E-state index contributed by atoms with van der Waals surface area (Å²) < 4.78 is 1.79. The van der Waals surface area contributed by atoms with Crippen LogP contribution in [0.1, 0.15) is 44.2 Å². The lowest BCUT2D eigenvalue weighted by molar-refractivity contribution is -0.137. The fourth-order valence-corrected chi connectivity index (χ4v) is 4.70. The summed E-state index contributed by atoms with van der Waals surface area (Å²) in [5.41, 5.74) is 1.84. The molecule has 0 spiro atoms. The zero-order valence-corrected chi connectivity index (χ0v) is 18.8. The van der Waals surface area contributed by atoms with Gasteiger partial charge in [-0.05, 0) is 45.0 Å². The van der Waals surface area contributed by atoms with Gasteiger partial charge in [0.15, 0.2) is 0 Å². The molecule has 7 nitrogen and oxygen atoms in total. The topological polar surface area (TPSA) is 57.5 Å². The SMILES string of the molecule is CN1CCN(CCCN(Cc2cn(-c3ccccc3)nn2)C(=O)C2CCCCC2)CC1. The molecule has 168 valence electrons. The summed E-state index contributed by atoms with van der Waals surface area (Å²) in [6, 6.07) is 10.0. The van der Waals surface area contributed by atoms with E-state index in [9.17, 15) is 4.79 Å². The van der Waals surface area contributed by atoms with Crippen LogP contribution in [0.4, 0.5) is 0 Å². The molecule has 4 rings (SSSR count). The number of benzene rings is 1. The summed E-state index contributed by atoms with van der Waals surface area (Å²) in [4.78, 5) is 20.3. The Kier molecular flexibility index (Phi) is 7.70. The molecule has 0 N–H and O–H groups in total. The van der Waals surface area contributed by atoms with E-state index in [0.717, 1.165) is 69.9 Å². The Bertz CT molecular complexity index is 808. The molecule has 1 amide bonds. The van der Waals surface area contributed by atoms with Crippen LogP contribution in [-0.4, -0.2) is 81.9 Å². The van der Waals surface area contributed by atoms with Gasteiger partial charge in [0.1, 0.15) is 5.69 Å². The minimum absolute atomic E-state index is 0.182. The van der Waals surface area contributed by atoms with Crippen LogP contribution in [0.2, 0.25) is 0 Å². The lowest BCUT2D eigenvalue weighted by atomic mass is 9.88. The Hall–Kier alpha value is -2.25. The molecule has 0 bridgehead atoms. The van der Waals surface area contributed by atoms with Crippen LogP contribution in [0, 0.1) is 5.92 Å². The maximum Gasteiger partial charge on any atom is 0.226 e. The van der Waals surface area contributed by atoms with E-state index < -0.39 is 0 Å². The zero-order chi connectivity index (χ0) is 21.5. The summed E-state index contributed by atoms with van der Waals surface area (Å²) in [6.07, 6.45) is 8.64. The van der Waals surface area contributed by atoms with Gasteiger partial charge < -0.3 is 14.7 Å². The number of carbonyl (C=O) groups is 1. The van der Waals surface area contributed by atoms with E-state index in [0.29, 0.717) is 12.5 Å². The maximum absolute atomic E-state index is 13.4. The number of piperazine rings is 1. The second kappa shape index (κ2) is 10.9. The van der Waals surface area contributed by atoms with Crippen molar-refractivity contribution in [2.24, 2.45) is 5.92 Å². The van der Waals surface area contributed by atoms with Gasteiger partial charge in [-0.1, -0.05) is 42.7 Å². The number of para-hydroxylation sites is 1. The van der Waals surface area contributed by atoms with Crippen LogP contribution in [-0.2, 0) is 11.3 Å². The van der Waals surface area contributed by atoms with Gasteiger partial charge in [0.25, 0.3) is 0 Å². The molecule has 2 heterocycles. The second-order valence-electron chi connectivity index (χ2n) is 9.08. The number of carbonyl (C=O) groups excluding carboxylic acids is 1. The summed E-state index contributed by atoms with van der Waals surface area (Å²) in [5, 5.41) is 8.66. The number of hydrogen-bond donors (Lipinski definition) is 0. The predicted octanol–water partition coefficient (Wildman–Crippen LogP) is 2.81. The lowest BCUT2D eigenvalue weighted by Gasteiger charge is -2.33. The van der Waals surface area contributed by atoms with Crippen LogP contribution >= 0.6 is 0 Å². The molecular formula is C24H36N6O. The first-order valence-corrected chi connectivity index (χ1v) is 11.9. The maximum atomic E-state index is 13.4. The van der Waals surface area contributed by atoms with Crippen LogP contribution in [0.3, 0.4) is 0 Å². The Balaban J connectivity index is 1.38. The molecule has 7 heteroatoms. The van der Waals surface area contributed by atoms with Gasteiger partial charge in [-0.25, -0.2) is 4.68 Å². The number of aromatic nitrogens is 3. The highest BCUT2D eigenvalue weighted by Gasteiger charge is 2.27. The first-order valence-electron chi connectivity index (χ1n) is 11.9. The van der Waals surface area contributed by atoms with Crippen LogP contribution < -0.4 is 0 Å². The average Bonchev–Trinajstić information content (AvgIpc) is 3.29. The number of nitrogens with zero attached hydrogens (tertiary/aromatic N) is 6. The monoisotopic (exact) mass is 424 g/mol. The fraction of sp³-hybridized carbons (Fsp3) is 0.625. The van der Waals surface area contributed by atoms with Gasteiger partial charge in [-0.2, -0.15) is 0 Å². The lowest BCUT2D eigenvalue weighted by Crippen LogP contribution is -2.45. The third kappa shape index (κ3) is 6.14. The first kappa shape index (κ1) is 22.0. The molecule has 31 heavy (non-hydrogen) atoms.